The van der Waals surface area contributed by atoms with Gasteiger partial charge in [-0.25, -0.2) is 4.98 Å². The molecule has 1 heterocycles. The molecule has 0 bridgehead atoms. The van der Waals surface area contributed by atoms with Crippen molar-refractivity contribution in [2.45, 2.75) is 33.1 Å². The van der Waals surface area contributed by atoms with Gasteiger partial charge in [0.2, 0.25) is 5.95 Å². The molecular formula is C12H21IN4. The first-order chi connectivity index (χ1) is 7.77. The van der Waals surface area contributed by atoms with Crippen LogP contribution in [0.5, 0.6) is 0 Å². The van der Waals surface area contributed by atoms with Gasteiger partial charge in [-0.1, -0.05) is 20.8 Å². The maximum absolute atomic E-state index is 4.65. The van der Waals surface area contributed by atoms with E-state index in [1.54, 1.807) is 0 Å². The standard InChI is InChI=1S/C12H21IN4/c1-7-14-10-8(13)9(12(2,3)4)15-11(16-10)17(5)6/h7H2,1-6H3,(H,14,15,16). The van der Waals surface area contributed by atoms with Crippen molar-refractivity contribution >= 4 is 34.4 Å². The predicted octanol–water partition coefficient (Wildman–Crippen LogP) is 2.88. The SMILES string of the molecule is CCNc1nc(N(C)C)nc(C(C)(C)C)c1I. The van der Waals surface area contributed by atoms with Gasteiger partial charge in [0.05, 0.1) is 9.26 Å². The quantitative estimate of drug-likeness (QED) is 0.853. The van der Waals surface area contributed by atoms with Gasteiger partial charge in [0.1, 0.15) is 5.82 Å². The molecule has 0 saturated heterocycles. The topological polar surface area (TPSA) is 41.1 Å². The molecule has 0 amide bonds. The molecule has 0 atom stereocenters. The molecular weight excluding hydrogens is 327 g/mol. The summed E-state index contributed by atoms with van der Waals surface area (Å²) in [5.74, 6) is 1.68. The van der Waals surface area contributed by atoms with Crippen LogP contribution in [0.4, 0.5) is 11.8 Å². The lowest BCUT2D eigenvalue weighted by Crippen LogP contribution is -2.22. The molecule has 0 radical (unpaired) electrons. The van der Waals surface area contributed by atoms with Gasteiger partial charge >= 0.3 is 0 Å². The number of halogens is 1. The first-order valence-corrected chi connectivity index (χ1v) is 6.84. The molecule has 0 aliphatic carbocycles. The van der Waals surface area contributed by atoms with Crippen LogP contribution in [0.15, 0.2) is 0 Å². The highest BCUT2D eigenvalue weighted by molar-refractivity contribution is 14.1. The molecule has 0 aliphatic rings. The second-order valence-corrected chi connectivity index (χ2v) is 6.29. The van der Waals surface area contributed by atoms with E-state index in [9.17, 15) is 0 Å². The van der Waals surface area contributed by atoms with Crippen LogP contribution in [0.3, 0.4) is 0 Å². The second-order valence-electron chi connectivity index (χ2n) is 5.21. The number of aromatic nitrogens is 2. The van der Waals surface area contributed by atoms with E-state index in [0.29, 0.717) is 0 Å². The van der Waals surface area contributed by atoms with Crippen molar-refractivity contribution in [2.24, 2.45) is 0 Å². The summed E-state index contributed by atoms with van der Waals surface area (Å²) in [5.41, 5.74) is 1.11. The molecule has 17 heavy (non-hydrogen) atoms. The largest absolute Gasteiger partial charge is 0.369 e. The Hall–Kier alpha value is -0.590. The van der Waals surface area contributed by atoms with Gasteiger partial charge in [-0.3, -0.25) is 0 Å². The van der Waals surface area contributed by atoms with Crippen LogP contribution in [-0.2, 0) is 5.41 Å². The maximum Gasteiger partial charge on any atom is 0.227 e. The van der Waals surface area contributed by atoms with Gasteiger partial charge in [-0.2, -0.15) is 4.98 Å². The van der Waals surface area contributed by atoms with Crippen LogP contribution >= 0.6 is 22.6 Å². The smallest absolute Gasteiger partial charge is 0.227 e. The Labute approximate surface area is 117 Å². The minimum atomic E-state index is 0.0222. The lowest BCUT2D eigenvalue weighted by Gasteiger charge is -2.23. The van der Waals surface area contributed by atoms with E-state index >= 15 is 0 Å². The van der Waals surface area contributed by atoms with E-state index in [4.69, 9.17) is 0 Å². The molecule has 1 aromatic rings. The average molecular weight is 348 g/mol. The van der Waals surface area contributed by atoms with Crippen molar-refractivity contribution in [3.8, 4) is 0 Å². The third kappa shape index (κ3) is 3.43. The maximum atomic E-state index is 4.65. The van der Waals surface area contributed by atoms with E-state index in [1.807, 2.05) is 19.0 Å². The molecule has 1 N–H and O–H groups in total. The normalized spacial score (nSPS) is 11.5. The first kappa shape index (κ1) is 14.5. The molecule has 96 valence electrons. The van der Waals surface area contributed by atoms with Crippen LogP contribution in [-0.4, -0.2) is 30.6 Å². The van der Waals surface area contributed by atoms with Gasteiger partial charge in [0, 0.05) is 26.1 Å². The van der Waals surface area contributed by atoms with Crippen LogP contribution in [0, 0.1) is 3.57 Å². The summed E-state index contributed by atoms with van der Waals surface area (Å²) in [5, 5.41) is 3.30. The molecule has 5 heteroatoms. The Kier molecular flexibility index (Phi) is 4.57. The summed E-state index contributed by atoms with van der Waals surface area (Å²) in [4.78, 5) is 11.1. The molecule has 0 fully saturated rings. The van der Waals surface area contributed by atoms with Crippen LogP contribution in [0.2, 0.25) is 0 Å². The third-order valence-corrected chi connectivity index (χ3v) is 3.32. The summed E-state index contributed by atoms with van der Waals surface area (Å²) in [7, 11) is 3.93. The van der Waals surface area contributed by atoms with Crippen molar-refractivity contribution in [1.29, 1.82) is 0 Å². The monoisotopic (exact) mass is 348 g/mol. The van der Waals surface area contributed by atoms with Gasteiger partial charge in [0.25, 0.3) is 0 Å². The summed E-state index contributed by atoms with van der Waals surface area (Å²) in [6.07, 6.45) is 0. The highest BCUT2D eigenvalue weighted by atomic mass is 127. The zero-order valence-electron chi connectivity index (χ0n) is 11.4. The number of nitrogens with one attached hydrogen (secondary N) is 1. The van der Waals surface area contributed by atoms with Gasteiger partial charge in [0.15, 0.2) is 0 Å². The summed E-state index contributed by atoms with van der Waals surface area (Å²) >= 11 is 2.32. The lowest BCUT2D eigenvalue weighted by atomic mass is 9.92. The minimum absolute atomic E-state index is 0.0222. The Morgan fingerprint density at radius 2 is 1.82 bits per heavy atom. The fourth-order valence-electron chi connectivity index (χ4n) is 1.42. The Morgan fingerprint density at radius 1 is 1.24 bits per heavy atom. The van der Waals surface area contributed by atoms with Crippen molar-refractivity contribution in [1.82, 2.24) is 9.97 Å². The van der Waals surface area contributed by atoms with E-state index in [-0.39, 0.29) is 5.41 Å². The highest BCUT2D eigenvalue weighted by Gasteiger charge is 2.23. The second kappa shape index (κ2) is 5.37. The highest BCUT2D eigenvalue weighted by Crippen LogP contribution is 2.30. The van der Waals surface area contributed by atoms with Gasteiger partial charge < -0.3 is 10.2 Å². The summed E-state index contributed by atoms with van der Waals surface area (Å²) in [6.45, 7) is 9.46. The molecule has 0 unspecified atom stereocenters. The van der Waals surface area contributed by atoms with Gasteiger partial charge in [-0.05, 0) is 29.5 Å². The number of anilines is 2. The van der Waals surface area contributed by atoms with Crippen molar-refractivity contribution in [3.63, 3.8) is 0 Å². The van der Waals surface area contributed by atoms with Crippen molar-refractivity contribution in [3.05, 3.63) is 9.26 Å². The van der Waals surface area contributed by atoms with E-state index in [0.717, 1.165) is 27.6 Å². The van der Waals surface area contributed by atoms with E-state index in [2.05, 4.69) is 65.6 Å². The average Bonchev–Trinajstić information content (AvgIpc) is 2.19. The minimum Gasteiger partial charge on any atom is -0.369 e. The predicted molar refractivity (Wildman–Crippen MR) is 81.9 cm³/mol. The van der Waals surface area contributed by atoms with Crippen LogP contribution in [0.25, 0.3) is 0 Å². The number of rotatable bonds is 3. The number of nitrogens with zero attached hydrogens (tertiary/aromatic N) is 3. The Bertz CT molecular complexity index is 396. The van der Waals surface area contributed by atoms with Crippen molar-refractivity contribution < 1.29 is 0 Å². The fraction of sp³-hybridized carbons (Fsp3) is 0.667. The van der Waals surface area contributed by atoms with E-state index < -0.39 is 0 Å². The lowest BCUT2D eigenvalue weighted by molar-refractivity contribution is 0.563. The number of hydrogen-bond donors (Lipinski definition) is 1. The Balaban J connectivity index is 3.38. The zero-order chi connectivity index (χ0) is 13.2. The summed E-state index contributed by atoms with van der Waals surface area (Å²) in [6, 6.07) is 0. The molecule has 4 nitrogen and oxygen atoms in total. The molecule has 0 aromatic carbocycles. The van der Waals surface area contributed by atoms with Gasteiger partial charge in [-0.15, -0.1) is 0 Å². The van der Waals surface area contributed by atoms with Crippen LogP contribution in [0.1, 0.15) is 33.4 Å². The van der Waals surface area contributed by atoms with Crippen molar-refractivity contribution in [2.75, 3.05) is 30.9 Å². The molecule has 1 aromatic heterocycles. The van der Waals surface area contributed by atoms with Crippen LogP contribution < -0.4 is 10.2 Å². The first-order valence-electron chi connectivity index (χ1n) is 5.76. The fourth-order valence-corrected chi connectivity index (χ4v) is 2.66. The molecule has 0 saturated carbocycles. The van der Waals surface area contributed by atoms with E-state index in [1.165, 1.54) is 0 Å². The zero-order valence-corrected chi connectivity index (χ0v) is 13.6. The Morgan fingerprint density at radius 3 is 2.24 bits per heavy atom. The third-order valence-electron chi connectivity index (χ3n) is 2.29. The molecule has 0 spiro atoms. The molecule has 1 rings (SSSR count). The number of hydrogen-bond acceptors (Lipinski definition) is 4. The molecule has 0 aliphatic heterocycles. The summed E-state index contributed by atoms with van der Waals surface area (Å²) < 4.78 is 1.11.